The number of aryl methyl sites for hydroxylation is 1. The molecule has 9 heteroatoms. The average Bonchev–Trinajstić information content (AvgIpc) is 2.78. The lowest BCUT2D eigenvalue weighted by Crippen LogP contribution is -2.30. The molecular formula is C23H25N3O5S. The molecule has 1 aromatic heterocycles. The molecule has 1 amide bonds. The number of sulfonamides is 1. The quantitative estimate of drug-likeness (QED) is 0.522. The Morgan fingerprint density at radius 1 is 1.03 bits per heavy atom. The van der Waals surface area contributed by atoms with Crippen molar-refractivity contribution in [3.8, 4) is 0 Å². The van der Waals surface area contributed by atoms with Crippen LogP contribution in [0.15, 0.2) is 59.5 Å². The maximum atomic E-state index is 12.5. The first-order chi connectivity index (χ1) is 15.3. The minimum Gasteiger partial charge on any atom is -0.452 e. The molecule has 2 aromatic carbocycles. The number of aromatic nitrogens is 1. The second-order valence-electron chi connectivity index (χ2n) is 7.07. The Bertz CT molecular complexity index is 1240. The molecule has 0 unspecified atom stereocenters. The number of carbonyl (C=O) groups excluding carboxylic acids is 2. The second-order valence-corrected chi connectivity index (χ2v) is 9.00. The number of benzene rings is 2. The standard InChI is InChI=1S/C23H25N3O5S/c1-4-26(5-2)32(29,30)18-12-10-17(11-13-18)25-22(27)15-31-23(28)20-14-16(3)24-21-9-7-6-8-19(20)21/h6-14H,4-5,15H2,1-3H3,(H,25,27). The van der Waals surface area contributed by atoms with Crippen LogP contribution >= 0.6 is 0 Å². The van der Waals surface area contributed by atoms with Crippen molar-refractivity contribution in [3.05, 3.63) is 65.9 Å². The SMILES string of the molecule is CCN(CC)S(=O)(=O)c1ccc(NC(=O)COC(=O)c2cc(C)nc3ccccc23)cc1. The summed E-state index contributed by atoms with van der Waals surface area (Å²) in [6.45, 7) is 5.58. The van der Waals surface area contributed by atoms with Crippen LogP contribution in [0.3, 0.4) is 0 Å². The maximum Gasteiger partial charge on any atom is 0.339 e. The summed E-state index contributed by atoms with van der Waals surface area (Å²) in [5, 5.41) is 3.24. The van der Waals surface area contributed by atoms with Gasteiger partial charge in [0.2, 0.25) is 10.0 Å². The number of ether oxygens (including phenoxy) is 1. The van der Waals surface area contributed by atoms with E-state index in [0.29, 0.717) is 40.9 Å². The van der Waals surface area contributed by atoms with Gasteiger partial charge in [0, 0.05) is 29.9 Å². The number of fused-ring (bicyclic) bond motifs is 1. The average molecular weight is 456 g/mol. The molecule has 168 valence electrons. The molecule has 32 heavy (non-hydrogen) atoms. The van der Waals surface area contributed by atoms with Crippen LogP contribution < -0.4 is 5.32 Å². The number of nitrogens with zero attached hydrogens (tertiary/aromatic N) is 2. The molecule has 3 aromatic rings. The predicted molar refractivity (Wildman–Crippen MR) is 122 cm³/mol. The third kappa shape index (κ3) is 5.12. The Morgan fingerprint density at radius 3 is 2.34 bits per heavy atom. The summed E-state index contributed by atoms with van der Waals surface area (Å²) in [6, 6.07) is 14.7. The highest BCUT2D eigenvalue weighted by atomic mass is 32.2. The van der Waals surface area contributed by atoms with Gasteiger partial charge in [0.1, 0.15) is 0 Å². The third-order valence-corrected chi connectivity index (χ3v) is 6.94. The number of nitrogens with one attached hydrogen (secondary N) is 1. The number of carbonyl (C=O) groups is 2. The van der Waals surface area contributed by atoms with Gasteiger partial charge in [0.15, 0.2) is 6.61 Å². The number of anilines is 1. The van der Waals surface area contributed by atoms with Gasteiger partial charge >= 0.3 is 5.97 Å². The number of para-hydroxylation sites is 1. The van der Waals surface area contributed by atoms with E-state index < -0.39 is 28.5 Å². The van der Waals surface area contributed by atoms with Crippen LogP contribution in [0.4, 0.5) is 5.69 Å². The van der Waals surface area contributed by atoms with E-state index in [9.17, 15) is 18.0 Å². The van der Waals surface area contributed by atoms with Crippen LogP contribution in [-0.4, -0.2) is 49.3 Å². The molecule has 1 N–H and O–H groups in total. The lowest BCUT2D eigenvalue weighted by molar-refractivity contribution is -0.119. The van der Waals surface area contributed by atoms with Gasteiger partial charge in [0.25, 0.3) is 5.91 Å². The molecule has 0 saturated carbocycles. The van der Waals surface area contributed by atoms with Gasteiger partial charge in [-0.25, -0.2) is 13.2 Å². The van der Waals surface area contributed by atoms with Gasteiger partial charge < -0.3 is 10.1 Å². The summed E-state index contributed by atoms with van der Waals surface area (Å²) in [7, 11) is -3.57. The molecule has 3 rings (SSSR count). The van der Waals surface area contributed by atoms with Gasteiger partial charge in [-0.2, -0.15) is 4.31 Å². The molecule has 0 aliphatic rings. The Hall–Kier alpha value is -3.30. The van der Waals surface area contributed by atoms with E-state index in [1.54, 1.807) is 45.0 Å². The van der Waals surface area contributed by atoms with Gasteiger partial charge in [-0.05, 0) is 43.3 Å². The highest BCUT2D eigenvalue weighted by Crippen LogP contribution is 2.20. The van der Waals surface area contributed by atoms with Crippen molar-refractivity contribution >= 4 is 38.5 Å². The summed E-state index contributed by atoms with van der Waals surface area (Å²) in [6.07, 6.45) is 0. The van der Waals surface area contributed by atoms with E-state index >= 15 is 0 Å². The number of hydrogen-bond donors (Lipinski definition) is 1. The van der Waals surface area contributed by atoms with E-state index in [1.165, 1.54) is 28.6 Å². The fourth-order valence-electron chi connectivity index (χ4n) is 3.31. The molecule has 0 fully saturated rings. The summed E-state index contributed by atoms with van der Waals surface area (Å²) in [5.74, 6) is -1.16. The Morgan fingerprint density at radius 2 is 1.69 bits per heavy atom. The normalized spacial score (nSPS) is 11.5. The van der Waals surface area contributed by atoms with Crippen LogP contribution in [0.2, 0.25) is 0 Å². The predicted octanol–water partition coefficient (Wildman–Crippen LogP) is 3.37. The van der Waals surface area contributed by atoms with E-state index in [4.69, 9.17) is 4.74 Å². The fraction of sp³-hybridized carbons (Fsp3) is 0.261. The van der Waals surface area contributed by atoms with Crippen LogP contribution in [0, 0.1) is 6.92 Å². The lowest BCUT2D eigenvalue weighted by atomic mass is 10.1. The van der Waals surface area contributed by atoms with Crippen molar-refractivity contribution in [2.45, 2.75) is 25.7 Å². The molecule has 0 atom stereocenters. The zero-order valence-corrected chi connectivity index (χ0v) is 19.0. The van der Waals surface area contributed by atoms with Gasteiger partial charge in [-0.1, -0.05) is 32.0 Å². The summed E-state index contributed by atoms with van der Waals surface area (Å²) >= 11 is 0. The number of hydrogen-bond acceptors (Lipinski definition) is 6. The van der Waals surface area contributed by atoms with Crippen molar-refractivity contribution in [2.24, 2.45) is 0 Å². The molecule has 1 heterocycles. The fourth-order valence-corrected chi connectivity index (χ4v) is 4.76. The van der Waals surface area contributed by atoms with E-state index in [1.807, 2.05) is 6.07 Å². The monoisotopic (exact) mass is 455 g/mol. The van der Waals surface area contributed by atoms with Crippen LogP contribution in [-0.2, 0) is 19.6 Å². The van der Waals surface area contributed by atoms with Crippen molar-refractivity contribution < 1.29 is 22.7 Å². The molecule has 0 spiro atoms. The summed E-state index contributed by atoms with van der Waals surface area (Å²) < 4.78 is 31.6. The number of rotatable bonds is 8. The van der Waals surface area contributed by atoms with Crippen molar-refractivity contribution in [2.75, 3.05) is 25.0 Å². The van der Waals surface area contributed by atoms with Crippen molar-refractivity contribution in [1.29, 1.82) is 0 Å². The summed E-state index contributed by atoms with van der Waals surface area (Å²) in [5.41, 5.74) is 2.07. The topological polar surface area (TPSA) is 106 Å². The van der Waals surface area contributed by atoms with Gasteiger partial charge in [-0.15, -0.1) is 0 Å². The number of amides is 1. The lowest BCUT2D eigenvalue weighted by Gasteiger charge is -2.18. The first kappa shape index (κ1) is 23.4. The Balaban J connectivity index is 1.64. The van der Waals surface area contributed by atoms with Gasteiger partial charge in [-0.3, -0.25) is 9.78 Å². The highest BCUT2D eigenvalue weighted by molar-refractivity contribution is 7.89. The minimum atomic E-state index is -3.57. The molecule has 0 aliphatic carbocycles. The van der Waals surface area contributed by atoms with E-state index in [-0.39, 0.29) is 4.90 Å². The molecule has 0 radical (unpaired) electrons. The Labute approximate surface area is 187 Å². The largest absolute Gasteiger partial charge is 0.452 e. The molecule has 0 aliphatic heterocycles. The first-order valence-corrected chi connectivity index (χ1v) is 11.6. The molecule has 0 bridgehead atoms. The second kappa shape index (κ2) is 9.88. The third-order valence-electron chi connectivity index (χ3n) is 4.88. The van der Waals surface area contributed by atoms with Crippen molar-refractivity contribution in [1.82, 2.24) is 9.29 Å². The molecule has 0 saturated heterocycles. The van der Waals surface area contributed by atoms with Crippen LogP contribution in [0.5, 0.6) is 0 Å². The van der Waals surface area contributed by atoms with E-state index in [2.05, 4.69) is 10.3 Å². The maximum absolute atomic E-state index is 12.5. The van der Waals surface area contributed by atoms with Crippen molar-refractivity contribution in [3.63, 3.8) is 0 Å². The van der Waals surface area contributed by atoms with E-state index in [0.717, 1.165) is 0 Å². The molecular weight excluding hydrogens is 430 g/mol. The zero-order chi connectivity index (χ0) is 23.3. The van der Waals surface area contributed by atoms with Crippen LogP contribution in [0.1, 0.15) is 29.9 Å². The minimum absolute atomic E-state index is 0.144. The highest BCUT2D eigenvalue weighted by Gasteiger charge is 2.21. The smallest absolute Gasteiger partial charge is 0.339 e. The zero-order valence-electron chi connectivity index (χ0n) is 18.2. The van der Waals surface area contributed by atoms with Gasteiger partial charge in [0.05, 0.1) is 16.0 Å². The summed E-state index contributed by atoms with van der Waals surface area (Å²) in [4.78, 5) is 29.3. The van der Waals surface area contributed by atoms with Crippen LogP contribution in [0.25, 0.3) is 10.9 Å². The first-order valence-electron chi connectivity index (χ1n) is 10.2. The number of pyridine rings is 1. The Kier molecular flexibility index (Phi) is 7.22. The molecule has 8 nitrogen and oxygen atoms in total. The number of esters is 1.